The highest BCUT2D eigenvalue weighted by atomic mass is 16.6. The van der Waals surface area contributed by atoms with E-state index in [-0.39, 0.29) is 31.4 Å². The summed E-state index contributed by atoms with van der Waals surface area (Å²) in [7, 11) is 3.05. The summed E-state index contributed by atoms with van der Waals surface area (Å²) in [5.74, 6) is -1.08. The minimum atomic E-state index is -0.751. The van der Waals surface area contributed by atoms with E-state index in [0.717, 1.165) is 4.90 Å². The van der Waals surface area contributed by atoms with Gasteiger partial charge in [-0.05, 0) is 63.2 Å². The first kappa shape index (κ1) is 32.1. The Morgan fingerprint density at radius 1 is 0.837 bits per heavy atom. The third kappa shape index (κ3) is 9.89. The van der Waals surface area contributed by atoms with Crippen molar-refractivity contribution in [3.05, 3.63) is 84.4 Å². The van der Waals surface area contributed by atoms with Gasteiger partial charge in [0.15, 0.2) is 6.61 Å². The van der Waals surface area contributed by atoms with E-state index in [1.807, 2.05) is 12.1 Å². The van der Waals surface area contributed by atoms with E-state index < -0.39 is 23.5 Å². The van der Waals surface area contributed by atoms with Crippen molar-refractivity contribution in [1.82, 2.24) is 4.90 Å². The molecule has 1 N–H and O–H groups in total. The van der Waals surface area contributed by atoms with E-state index in [4.69, 9.17) is 14.7 Å². The van der Waals surface area contributed by atoms with Gasteiger partial charge >= 0.3 is 6.09 Å². The molecule has 0 heterocycles. The van der Waals surface area contributed by atoms with Gasteiger partial charge in [0.25, 0.3) is 5.91 Å². The average Bonchev–Trinajstić information content (AvgIpc) is 2.98. The van der Waals surface area contributed by atoms with Crippen molar-refractivity contribution in [2.45, 2.75) is 26.4 Å². The molecular formula is C32H35N5O6. The molecule has 11 nitrogen and oxygen atoms in total. The van der Waals surface area contributed by atoms with Crippen LogP contribution < -0.4 is 19.9 Å². The number of hydrogen-bond acceptors (Lipinski definition) is 7. The lowest BCUT2D eigenvalue weighted by atomic mass is 10.2. The standard InChI is InChI=1S/C32H35N5O6/c1-32(2,3)43-31(41)35(4)20-30(40)37(21-29(39)36(5)25-13-7-6-8-14-25)26-15-10-16-27(18-26)42-22-28(38)34-24-12-9-11-23(17-24)19-33/h6-18H,20-22H2,1-5H3,(H,34,38). The number of nitrogens with one attached hydrogen (secondary N) is 1. The number of ether oxygens (including phenoxy) is 2. The van der Waals surface area contributed by atoms with Crippen LogP contribution in [0.2, 0.25) is 0 Å². The fourth-order valence-corrected chi connectivity index (χ4v) is 3.81. The Balaban J connectivity index is 1.78. The lowest BCUT2D eigenvalue weighted by Gasteiger charge is -2.29. The first-order valence-electron chi connectivity index (χ1n) is 13.5. The zero-order valence-electron chi connectivity index (χ0n) is 24.9. The first-order chi connectivity index (χ1) is 20.4. The molecule has 0 bridgehead atoms. The quantitative estimate of drug-likeness (QED) is 0.372. The largest absolute Gasteiger partial charge is 0.484 e. The molecule has 0 spiro atoms. The van der Waals surface area contributed by atoms with Crippen LogP contribution >= 0.6 is 0 Å². The van der Waals surface area contributed by atoms with Crippen LogP contribution in [0.1, 0.15) is 26.3 Å². The number of nitriles is 1. The van der Waals surface area contributed by atoms with Crippen molar-refractivity contribution in [1.29, 1.82) is 5.26 Å². The van der Waals surface area contributed by atoms with Crippen LogP contribution in [0.3, 0.4) is 0 Å². The van der Waals surface area contributed by atoms with Gasteiger partial charge in [-0.1, -0.05) is 30.3 Å². The number of nitrogens with zero attached hydrogens (tertiary/aromatic N) is 4. The summed E-state index contributed by atoms with van der Waals surface area (Å²) in [4.78, 5) is 55.6. The molecule has 0 fully saturated rings. The topological polar surface area (TPSA) is 132 Å². The van der Waals surface area contributed by atoms with E-state index in [2.05, 4.69) is 5.32 Å². The lowest BCUT2D eigenvalue weighted by molar-refractivity contribution is -0.123. The molecule has 0 atom stereocenters. The Morgan fingerprint density at radius 2 is 1.51 bits per heavy atom. The smallest absolute Gasteiger partial charge is 0.410 e. The van der Waals surface area contributed by atoms with Gasteiger partial charge < -0.3 is 29.5 Å². The summed E-state index contributed by atoms with van der Waals surface area (Å²) >= 11 is 0. The predicted octanol–water partition coefficient (Wildman–Crippen LogP) is 4.44. The van der Waals surface area contributed by atoms with Crippen LogP contribution in [0.25, 0.3) is 0 Å². The number of benzene rings is 3. The van der Waals surface area contributed by atoms with E-state index >= 15 is 0 Å². The SMILES string of the molecule is CN(CC(=O)N(CC(=O)N(C)c1ccccc1)c1cccc(OCC(=O)Nc2cccc(C#N)c2)c1)C(=O)OC(C)(C)C. The highest BCUT2D eigenvalue weighted by Crippen LogP contribution is 2.23. The van der Waals surface area contributed by atoms with Crippen LogP contribution in [0, 0.1) is 11.3 Å². The van der Waals surface area contributed by atoms with Gasteiger partial charge in [0.05, 0.1) is 11.6 Å². The van der Waals surface area contributed by atoms with E-state index in [0.29, 0.717) is 22.6 Å². The number of carbonyl (C=O) groups excluding carboxylic acids is 4. The number of rotatable bonds is 10. The molecule has 224 valence electrons. The van der Waals surface area contributed by atoms with Gasteiger partial charge in [-0.15, -0.1) is 0 Å². The molecule has 43 heavy (non-hydrogen) atoms. The van der Waals surface area contributed by atoms with Crippen molar-refractivity contribution in [2.24, 2.45) is 0 Å². The third-order valence-electron chi connectivity index (χ3n) is 5.96. The molecule has 0 saturated heterocycles. The summed E-state index contributed by atoms with van der Waals surface area (Å²) in [6.45, 7) is 4.14. The molecule has 0 aliphatic carbocycles. The zero-order valence-corrected chi connectivity index (χ0v) is 24.9. The van der Waals surface area contributed by atoms with Crippen molar-refractivity contribution >= 4 is 40.9 Å². The van der Waals surface area contributed by atoms with E-state index in [1.54, 1.807) is 94.5 Å². The summed E-state index contributed by atoms with van der Waals surface area (Å²) in [6.07, 6.45) is -0.683. The number of anilines is 3. The first-order valence-corrected chi connectivity index (χ1v) is 13.5. The zero-order chi connectivity index (χ0) is 31.6. The molecule has 3 rings (SSSR count). The number of para-hydroxylation sites is 1. The van der Waals surface area contributed by atoms with Crippen LogP contribution in [-0.4, -0.2) is 68.1 Å². The number of likely N-dealkylation sites (N-methyl/N-ethyl adjacent to an activating group) is 2. The summed E-state index contributed by atoms with van der Waals surface area (Å²) in [5.41, 5.74) is 1.08. The second-order valence-electron chi connectivity index (χ2n) is 10.6. The van der Waals surface area contributed by atoms with E-state index in [9.17, 15) is 19.2 Å². The lowest BCUT2D eigenvalue weighted by Crippen LogP contribution is -2.47. The normalized spacial score (nSPS) is 10.6. The third-order valence-corrected chi connectivity index (χ3v) is 5.96. The molecule has 0 unspecified atom stereocenters. The highest BCUT2D eigenvalue weighted by molar-refractivity contribution is 6.04. The summed E-state index contributed by atoms with van der Waals surface area (Å²) < 4.78 is 11.0. The Hall–Kier alpha value is -5.37. The van der Waals surface area contributed by atoms with Crippen molar-refractivity contribution in [3.63, 3.8) is 0 Å². The fourth-order valence-electron chi connectivity index (χ4n) is 3.81. The maximum atomic E-state index is 13.5. The van der Waals surface area contributed by atoms with Crippen molar-refractivity contribution in [3.8, 4) is 11.8 Å². The summed E-state index contributed by atoms with van der Waals surface area (Å²) in [5, 5.41) is 11.7. The Labute approximate surface area is 251 Å². The maximum absolute atomic E-state index is 13.5. The van der Waals surface area contributed by atoms with Crippen LogP contribution in [-0.2, 0) is 19.1 Å². The second-order valence-corrected chi connectivity index (χ2v) is 10.6. The predicted molar refractivity (Wildman–Crippen MR) is 163 cm³/mol. The molecule has 0 aromatic heterocycles. The molecule has 0 saturated carbocycles. The molecule has 0 radical (unpaired) electrons. The Bertz CT molecular complexity index is 1500. The van der Waals surface area contributed by atoms with Gasteiger partial charge in [-0.2, -0.15) is 5.26 Å². The second kappa shape index (κ2) is 14.5. The van der Waals surface area contributed by atoms with Gasteiger partial charge in [0, 0.05) is 37.2 Å². The van der Waals surface area contributed by atoms with Gasteiger partial charge in [-0.25, -0.2) is 4.79 Å². The molecular weight excluding hydrogens is 550 g/mol. The number of carbonyl (C=O) groups is 4. The molecule has 0 aliphatic rings. The van der Waals surface area contributed by atoms with Crippen LogP contribution in [0.5, 0.6) is 5.75 Å². The fraction of sp³-hybridized carbons (Fsp3) is 0.281. The van der Waals surface area contributed by atoms with Crippen molar-refractivity contribution < 1.29 is 28.7 Å². The molecule has 3 aromatic carbocycles. The number of amides is 4. The van der Waals surface area contributed by atoms with Gasteiger partial charge in [0.2, 0.25) is 11.8 Å². The van der Waals surface area contributed by atoms with E-state index in [1.165, 1.54) is 22.9 Å². The monoisotopic (exact) mass is 585 g/mol. The molecule has 0 aliphatic heterocycles. The maximum Gasteiger partial charge on any atom is 0.410 e. The van der Waals surface area contributed by atoms with Gasteiger partial charge in [-0.3, -0.25) is 14.4 Å². The van der Waals surface area contributed by atoms with Gasteiger partial charge in [0.1, 0.15) is 24.4 Å². The minimum Gasteiger partial charge on any atom is -0.484 e. The Morgan fingerprint density at radius 3 is 2.19 bits per heavy atom. The number of hydrogen-bond donors (Lipinski definition) is 1. The van der Waals surface area contributed by atoms with Crippen molar-refractivity contribution in [2.75, 3.05) is 48.9 Å². The molecule has 4 amide bonds. The van der Waals surface area contributed by atoms with Crippen LogP contribution in [0.4, 0.5) is 21.9 Å². The average molecular weight is 586 g/mol. The molecule has 3 aromatic rings. The summed E-state index contributed by atoms with van der Waals surface area (Å²) in [6, 6.07) is 23.9. The molecule has 11 heteroatoms. The minimum absolute atomic E-state index is 0.278. The van der Waals surface area contributed by atoms with Crippen LogP contribution in [0.15, 0.2) is 78.9 Å². The Kier molecular flexibility index (Phi) is 10.8. The highest BCUT2D eigenvalue weighted by Gasteiger charge is 2.27.